The van der Waals surface area contributed by atoms with Crippen LogP contribution in [0.25, 0.3) is 0 Å². The van der Waals surface area contributed by atoms with Gasteiger partial charge in [-0.2, -0.15) is 5.10 Å². The third kappa shape index (κ3) is 3.94. The van der Waals surface area contributed by atoms with Crippen LogP contribution in [0.4, 0.5) is 0 Å². The zero-order valence-corrected chi connectivity index (χ0v) is 11.9. The van der Waals surface area contributed by atoms with Crippen LogP contribution < -0.4 is 0 Å². The van der Waals surface area contributed by atoms with E-state index in [1.807, 2.05) is 24.6 Å². The fraction of sp³-hybridized carbons (Fsp3) is 0.667. The quantitative estimate of drug-likeness (QED) is 0.815. The van der Waals surface area contributed by atoms with E-state index in [2.05, 4.69) is 5.10 Å². The number of carboxylic acid groups (broad SMARTS) is 1. The van der Waals surface area contributed by atoms with Gasteiger partial charge in [0.05, 0.1) is 23.1 Å². The molecule has 0 saturated carbocycles. The van der Waals surface area contributed by atoms with Gasteiger partial charge in [0.15, 0.2) is 0 Å². The number of aromatic nitrogens is 2. The van der Waals surface area contributed by atoms with Gasteiger partial charge in [0.25, 0.3) is 0 Å². The highest BCUT2D eigenvalue weighted by Crippen LogP contribution is 2.10. The topological polar surface area (TPSA) is 72.2 Å². The van der Waals surface area contributed by atoms with Crippen molar-refractivity contribution in [2.75, 3.05) is 5.75 Å². The Hall–Kier alpha value is -1.17. The van der Waals surface area contributed by atoms with Crippen LogP contribution in [0.5, 0.6) is 0 Å². The molecule has 5 nitrogen and oxygen atoms in total. The molecule has 0 aliphatic rings. The maximum Gasteiger partial charge on any atom is 0.307 e. The molecule has 1 aromatic rings. The number of aryl methyl sites for hydroxylation is 2. The minimum atomic E-state index is -1.16. The van der Waals surface area contributed by atoms with Crippen LogP contribution >= 0.6 is 0 Å². The molecule has 0 fully saturated rings. The van der Waals surface area contributed by atoms with Gasteiger partial charge in [-0.1, -0.05) is 13.8 Å². The summed E-state index contributed by atoms with van der Waals surface area (Å²) >= 11 is 0. The second kappa shape index (κ2) is 6.68. The Morgan fingerprint density at radius 3 is 2.72 bits per heavy atom. The molecule has 0 bridgehead atoms. The fourth-order valence-electron chi connectivity index (χ4n) is 1.65. The first-order chi connectivity index (χ1) is 8.47. The summed E-state index contributed by atoms with van der Waals surface area (Å²) in [5, 5.41) is 13.2. The Balaban J connectivity index is 2.69. The van der Waals surface area contributed by atoms with E-state index in [1.165, 1.54) is 0 Å². The summed E-state index contributed by atoms with van der Waals surface area (Å²) in [7, 11) is -1.16. The molecule has 6 heteroatoms. The zero-order chi connectivity index (χ0) is 13.7. The Kier molecular flexibility index (Phi) is 5.53. The second-order valence-electron chi connectivity index (χ2n) is 4.29. The van der Waals surface area contributed by atoms with Gasteiger partial charge in [-0.25, -0.2) is 0 Å². The molecule has 2 unspecified atom stereocenters. The van der Waals surface area contributed by atoms with Crippen molar-refractivity contribution in [2.24, 2.45) is 5.92 Å². The smallest absolute Gasteiger partial charge is 0.307 e. The van der Waals surface area contributed by atoms with Crippen molar-refractivity contribution < 1.29 is 14.1 Å². The van der Waals surface area contributed by atoms with E-state index < -0.39 is 22.7 Å². The van der Waals surface area contributed by atoms with Gasteiger partial charge in [-0.05, 0) is 19.4 Å². The SMILES string of the molecule is CCc1cc(CS(=O)CC(C)C(=O)O)n(CC)n1. The van der Waals surface area contributed by atoms with Crippen LogP contribution in [0, 0.1) is 5.92 Å². The summed E-state index contributed by atoms with van der Waals surface area (Å²) in [4.78, 5) is 10.7. The maximum atomic E-state index is 11.9. The molecule has 1 rings (SSSR count). The van der Waals surface area contributed by atoms with Crippen LogP contribution in [0.2, 0.25) is 0 Å². The summed E-state index contributed by atoms with van der Waals surface area (Å²) < 4.78 is 13.7. The molecular formula is C12H20N2O3S. The molecule has 2 atom stereocenters. The highest BCUT2D eigenvalue weighted by Gasteiger charge is 2.16. The molecule has 0 aromatic carbocycles. The van der Waals surface area contributed by atoms with Crippen molar-refractivity contribution in [1.82, 2.24) is 9.78 Å². The average molecular weight is 272 g/mol. The Bertz CT molecular complexity index is 443. The zero-order valence-electron chi connectivity index (χ0n) is 11.0. The van der Waals surface area contributed by atoms with Crippen LogP contribution in [0.15, 0.2) is 6.07 Å². The third-order valence-corrected chi connectivity index (χ3v) is 4.23. The van der Waals surface area contributed by atoms with Gasteiger partial charge in [0.1, 0.15) is 0 Å². The number of carboxylic acids is 1. The normalized spacial score (nSPS) is 14.4. The van der Waals surface area contributed by atoms with Crippen molar-refractivity contribution in [3.8, 4) is 0 Å². The van der Waals surface area contributed by atoms with E-state index in [0.717, 1.165) is 24.4 Å². The van der Waals surface area contributed by atoms with Crippen molar-refractivity contribution in [3.05, 3.63) is 17.5 Å². The Morgan fingerprint density at radius 2 is 2.22 bits per heavy atom. The van der Waals surface area contributed by atoms with E-state index >= 15 is 0 Å². The number of aliphatic carboxylic acids is 1. The number of hydrogen-bond donors (Lipinski definition) is 1. The van der Waals surface area contributed by atoms with Gasteiger partial charge in [0.2, 0.25) is 0 Å². The molecule has 0 saturated heterocycles. The first kappa shape index (κ1) is 14.9. The average Bonchev–Trinajstić information content (AvgIpc) is 2.70. The molecular weight excluding hydrogens is 252 g/mol. The molecule has 1 aromatic heterocycles. The lowest BCUT2D eigenvalue weighted by Crippen LogP contribution is -2.19. The van der Waals surface area contributed by atoms with E-state index in [0.29, 0.717) is 5.75 Å². The minimum absolute atomic E-state index is 0.186. The van der Waals surface area contributed by atoms with E-state index in [9.17, 15) is 9.00 Å². The monoisotopic (exact) mass is 272 g/mol. The van der Waals surface area contributed by atoms with Crippen LogP contribution in [-0.2, 0) is 34.3 Å². The van der Waals surface area contributed by atoms with Crippen molar-refractivity contribution >= 4 is 16.8 Å². The summed E-state index contributed by atoms with van der Waals surface area (Å²) in [6.45, 7) is 6.32. The summed E-state index contributed by atoms with van der Waals surface area (Å²) in [5.74, 6) is -0.916. The van der Waals surface area contributed by atoms with Gasteiger partial charge < -0.3 is 5.11 Å². The molecule has 0 amide bonds. The van der Waals surface area contributed by atoms with E-state index in [-0.39, 0.29) is 5.75 Å². The molecule has 1 N–H and O–H groups in total. The predicted molar refractivity (Wildman–Crippen MR) is 70.8 cm³/mol. The fourth-order valence-corrected chi connectivity index (χ4v) is 3.03. The molecule has 0 radical (unpaired) electrons. The number of hydrogen-bond acceptors (Lipinski definition) is 3. The first-order valence-electron chi connectivity index (χ1n) is 6.11. The summed E-state index contributed by atoms with van der Waals surface area (Å²) in [6, 6.07) is 1.95. The van der Waals surface area contributed by atoms with Crippen molar-refractivity contribution in [3.63, 3.8) is 0 Å². The van der Waals surface area contributed by atoms with Gasteiger partial charge >= 0.3 is 5.97 Å². The lowest BCUT2D eigenvalue weighted by Gasteiger charge is -2.07. The Morgan fingerprint density at radius 1 is 1.56 bits per heavy atom. The summed E-state index contributed by atoms with van der Waals surface area (Å²) in [5.41, 5.74) is 1.90. The van der Waals surface area contributed by atoms with Gasteiger partial charge in [0, 0.05) is 23.1 Å². The molecule has 18 heavy (non-hydrogen) atoms. The second-order valence-corrected chi connectivity index (χ2v) is 5.79. The highest BCUT2D eigenvalue weighted by atomic mass is 32.2. The molecule has 0 aliphatic carbocycles. The number of rotatable bonds is 7. The summed E-state index contributed by atoms with van der Waals surface area (Å²) in [6.07, 6.45) is 0.845. The van der Waals surface area contributed by atoms with Crippen molar-refractivity contribution in [2.45, 2.75) is 39.5 Å². The van der Waals surface area contributed by atoms with Crippen LogP contribution in [0.3, 0.4) is 0 Å². The maximum absolute atomic E-state index is 11.9. The van der Waals surface area contributed by atoms with Crippen molar-refractivity contribution in [1.29, 1.82) is 0 Å². The molecule has 1 heterocycles. The molecule has 0 aliphatic heterocycles. The number of carbonyl (C=O) groups is 1. The van der Waals surface area contributed by atoms with E-state index in [1.54, 1.807) is 6.92 Å². The first-order valence-corrected chi connectivity index (χ1v) is 7.60. The lowest BCUT2D eigenvalue weighted by atomic mass is 10.2. The van der Waals surface area contributed by atoms with Gasteiger partial charge in [-0.3, -0.25) is 13.7 Å². The lowest BCUT2D eigenvalue weighted by molar-refractivity contribution is -0.140. The van der Waals surface area contributed by atoms with Gasteiger partial charge in [-0.15, -0.1) is 0 Å². The van der Waals surface area contributed by atoms with Crippen LogP contribution in [0.1, 0.15) is 32.2 Å². The van der Waals surface area contributed by atoms with Crippen LogP contribution in [-0.4, -0.2) is 30.8 Å². The Labute approximate surface area is 110 Å². The molecule has 0 spiro atoms. The van der Waals surface area contributed by atoms with E-state index in [4.69, 9.17) is 5.11 Å². The third-order valence-electron chi connectivity index (χ3n) is 2.74. The minimum Gasteiger partial charge on any atom is -0.481 e. The standard InChI is InChI=1S/C12H20N2O3S/c1-4-10-6-11(14(5-2)13-10)8-18(17)7-9(3)12(15)16/h6,9H,4-5,7-8H2,1-3H3,(H,15,16). The molecule has 102 valence electrons. The largest absolute Gasteiger partial charge is 0.481 e. The predicted octanol–water partition coefficient (Wildman–Crippen LogP) is 1.43. The highest BCUT2D eigenvalue weighted by molar-refractivity contribution is 7.84. The number of nitrogens with zero attached hydrogens (tertiary/aromatic N) is 2.